The van der Waals surface area contributed by atoms with Crippen molar-refractivity contribution < 1.29 is 4.79 Å². The van der Waals surface area contributed by atoms with Crippen LogP contribution >= 0.6 is 0 Å². The summed E-state index contributed by atoms with van der Waals surface area (Å²) in [6, 6.07) is 23.3. The molecule has 0 radical (unpaired) electrons. The first-order valence-corrected chi connectivity index (χ1v) is 12.2. The van der Waals surface area contributed by atoms with Crippen LogP contribution in [0.2, 0.25) is 0 Å². The standard InChI is InChI=1S/C30H35N3O/c1-6-7-18-31-29(34)24-16-17-28-26(19-24)21(2)32-33(28)20-22-12-14-23(15-13-22)25-10-8-9-11-27(25)30(3,4)5/h8-17,19H,6-7,18,20H2,1-5H3,(H,31,34). The Labute approximate surface area is 203 Å². The molecule has 0 saturated carbocycles. The maximum absolute atomic E-state index is 12.5. The molecule has 1 N–H and O–H groups in total. The molecule has 0 saturated heterocycles. The van der Waals surface area contributed by atoms with Gasteiger partial charge >= 0.3 is 0 Å². The minimum Gasteiger partial charge on any atom is -0.352 e. The first-order chi connectivity index (χ1) is 16.3. The lowest BCUT2D eigenvalue weighted by molar-refractivity contribution is 0.0953. The van der Waals surface area contributed by atoms with Gasteiger partial charge in [0.2, 0.25) is 0 Å². The maximum Gasteiger partial charge on any atom is 0.251 e. The highest BCUT2D eigenvalue weighted by Gasteiger charge is 2.18. The predicted octanol–water partition coefficient (Wildman–Crippen LogP) is 6.89. The number of aryl methyl sites for hydroxylation is 1. The molecule has 3 aromatic carbocycles. The van der Waals surface area contributed by atoms with Crippen molar-refractivity contribution in [3.05, 3.63) is 89.1 Å². The molecule has 176 valence electrons. The number of carbonyl (C=O) groups excluding carboxylic acids is 1. The van der Waals surface area contributed by atoms with Gasteiger partial charge in [0.25, 0.3) is 5.91 Å². The maximum atomic E-state index is 12.5. The second-order valence-corrected chi connectivity index (χ2v) is 10.1. The average Bonchev–Trinajstić information content (AvgIpc) is 3.13. The van der Waals surface area contributed by atoms with Crippen LogP contribution in [0.5, 0.6) is 0 Å². The third kappa shape index (κ3) is 5.06. The lowest BCUT2D eigenvalue weighted by atomic mass is 9.82. The fourth-order valence-electron chi connectivity index (χ4n) is 4.43. The Bertz CT molecular complexity index is 1290. The Balaban J connectivity index is 1.56. The lowest BCUT2D eigenvalue weighted by Gasteiger charge is -2.23. The van der Waals surface area contributed by atoms with E-state index < -0.39 is 0 Å². The second kappa shape index (κ2) is 9.84. The Morgan fingerprint density at radius 2 is 1.74 bits per heavy atom. The van der Waals surface area contributed by atoms with E-state index in [0.29, 0.717) is 18.7 Å². The SMILES string of the molecule is CCCCNC(=O)c1ccc2c(c1)c(C)nn2Cc1ccc(-c2ccccc2C(C)(C)C)cc1. The molecule has 0 bridgehead atoms. The average molecular weight is 454 g/mol. The summed E-state index contributed by atoms with van der Waals surface area (Å²) in [7, 11) is 0. The number of hydrogen-bond acceptors (Lipinski definition) is 2. The summed E-state index contributed by atoms with van der Waals surface area (Å²) >= 11 is 0. The molecule has 0 fully saturated rings. The Hall–Kier alpha value is -3.40. The van der Waals surface area contributed by atoms with Gasteiger partial charge in [0.05, 0.1) is 17.8 Å². The van der Waals surface area contributed by atoms with Crippen molar-refractivity contribution in [3.63, 3.8) is 0 Å². The molecule has 4 nitrogen and oxygen atoms in total. The quantitative estimate of drug-likeness (QED) is 0.310. The van der Waals surface area contributed by atoms with Crippen molar-refractivity contribution in [3.8, 4) is 11.1 Å². The van der Waals surface area contributed by atoms with E-state index in [1.807, 2.05) is 29.8 Å². The van der Waals surface area contributed by atoms with Crippen molar-refractivity contribution in [2.45, 2.75) is 59.4 Å². The van der Waals surface area contributed by atoms with Crippen LogP contribution in [0.3, 0.4) is 0 Å². The molecular formula is C30H35N3O. The number of rotatable bonds is 7. The van der Waals surface area contributed by atoms with E-state index in [4.69, 9.17) is 5.10 Å². The topological polar surface area (TPSA) is 46.9 Å². The molecule has 1 amide bonds. The summed E-state index contributed by atoms with van der Waals surface area (Å²) in [6.45, 7) is 12.3. The molecule has 0 unspecified atom stereocenters. The van der Waals surface area contributed by atoms with Gasteiger partial charge in [-0.1, -0.05) is 82.6 Å². The second-order valence-electron chi connectivity index (χ2n) is 10.1. The number of aromatic nitrogens is 2. The molecule has 34 heavy (non-hydrogen) atoms. The number of benzene rings is 3. The number of nitrogens with one attached hydrogen (secondary N) is 1. The van der Waals surface area contributed by atoms with Crippen LogP contribution in [-0.2, 0) is 12.0 Å². The zero-order valence-electron chi connectivity index (χ0n) is 21.0. The van der Waals surface area contributed by atoms with Gasteiger partial charge in [0, 0.05) is 17.5 Å². The van der Waals surface area contributed by atoms with Crippen molar-refractivity contribution in [2.75, 3.05) is 6.54 Å². The molecule has 0 aliphatic rings. The summed E-state index contributed by atoms with van der Waals surface area (Å²) in [6.07, 6.45) is 2.06. The van der Waals surface area contributed by atoms with Crippen LogP contribution in [0, 0.1) is 6.92 Å². The third-order valence-corrected chi connectivity index (χ3v) is 6.35. The number of amides is 1. The molecular weight excluding hydrogens is 418 g/mol. The van der Waals surface area contributed by atoms with Gasteiger partial charge in [0.15, 0.2) is 0 Å². The minimum absolute atomic E-state index is 0.0198. The van der Waals surface area contributed by atoms with Crippen molar-refractivity contribution in [1.82, 2.24) is 15.1 Å². The van der Waals surface area contributed by atoms with Crippen molar-refractivity contribution >= 4 is 16.8 Å². The van der Waals surface area contributed by atoms with Gasteiger partial charge < -0.3 is 5.32 Å². The molecule has 4 rings (SSSR count). The van der Waals surface area contributed by atoms with Crippen LogP contribution in [0.1, 0.15) is 67.7 Å². The Morgan fingerprint density at radius 1 is 1.00 bits per heavy atom. The van der Waals surface area contributed by atoms with Crippen LogP contribution < -0.4 is 5.32 Å². The number of fused-ring (bicyclic) bond motifs is 1. The molecule has 1 aromatic heterocycles. The molecule has 4 heteroatoms. The van der Waals surface area contributed by atoms with Crippen LogP contribution in [0.25, 0.3) is 22.0 Å². The smallest absolute Gasteiger partial charge is 0.251 e. The number of carbonyl (C=O) groups is 1. The predicted molar refractivity (Wildman–Crippen MR) is 141 cm³/mol. The summed E-state index contributed by atoms with van der Waals surface area (Å²) in [5, 5.41) is 8.80. The number of nitrogens with zero attached hydrogens (tertiary/aromatic N) is 2. The Morgan fingerprint density at radius 3 is 2.44 bits per heavy atom. The van der Waals surface area contributed by atoms with Gasteiger partial charge in [-0.2, -0.15) is 5.10 Å². The van der Waals surface area contributed by atoms with Gasteiger partial charge in [-0.3, -0.25) is 9.48 Å². The van der Waals surface area contributed by atoms with E-state index in [2.05, 4.69) is 81.5 Å². The van der Waals surface area contributed by atoms with E-state index in [0.717, 1.165) is 29.4 Å². The van der Waals surface area contributed by atoms with E-state index >= 15 is 0 Å². The van der Waals surface area contributed by atoms with Gasteiger partial charge in [-0.25, -0.2) is 0 Å². The van der Waals surface area contributed by atoms with E-state index in [1.54, 1.807) is 0 Å². The minimum atomic E-state index is -0.0198. The fourth-order valence-corrected chi connectivity index (χ4v) is 4.43. The normalized spacial score (nSPS) is 11.7. The summed E-state index contributed by atoms with van der Waals surface area (Å²) < 4.78 is 2.03. The Kier molecular flexibility index (Phi) is 6.87. The van der Waals surface area contributed by atoms with Gasteiger partial charge in [-0.05, 0) is 59.2 Å². The van der Waals surface area contributed by atoms with Crippen LogP contribution in [-0.4, -0.2) is 22.2 Å². The van der Waals surface area contributed by atoms with Crippen LogP contribution in [0.15, 0.2) is 66.7 Å². The fraction of sp³-hybridized carbons (Fsp3) is 0.333. The van der Waals surface area contributed by atoms with Crippen molar-refractivity contribution in [2.24, 2.45) is 0 Å². The van der Waals surface area contributed by atoms with Gasteiger partial charge in [-0.15, -0.1) is 0 Å². The first-order valence-electron chi connectivity index (χ1n) is 12.2. The molecule has 0 aliphatic heterocycles. The third-order valence-electron chi connectivity index (χ3n) is 6.35. The summed E-state index contributed by atoms with van der Waals surface area (Å²) in [5.41, 5.74) is 7.83. The van der Waals surface area contributed by atoms with Crippen molar-refractivity contribution in [1.29, 1.82) is 0 Å². The zero-order valence-corrected chi connectivity index (χ0v) is 21.0. The van der Waals surface area contributed by atoms with E-state index in [1.165, 1.54) is 22.3 Å². The molecule has 0 atom stereocenters. The van der Waals surface area contributed by atoms with E-state index in [-0.39, 0.29) is 11.3 Å². The molecule has 4 aromatic rings. The highest BCUT2D eigenvalue weighted by molar-refractivity contribution is 5.98. The van der Waals surface area contributed by atoms with Crippen LogP contribution in [0.4, 0.5) is 0 Å². The molecule has 1 heterocycles. The molecule has 0 spiro atoms. The zero-order chi connectivity index (χ0) is 24.3. The monoisotopic (exact) mass is 453 g/mol. The van der Waals surface area contributed by atoms with Gasteiger partial charge in [0.1, 0.15) is 0 Å². The number of hydrogen-bond donors (Lipinski definition) is 1. The highest BCUT2D eigenvalue weighted by atomic mass is 16.1. The lowest BCUT2D eigenvalue weighted by Crippen LogP contribution is -2.24. The highest BCUT2D eigenvalue weighted by Crippen LogP contribution is 2.33. The summed E-state index contributed by atoms with van der Waals surface area (Å²) in [4.78, 5) is 12.5. The number of unbranched alkanes of at least 4 members (excludes halogenated alkanes) is 1. The first kappa shape index (κ1) is 23.7. The van der Waals surface area contributed by atoms with E-state index in [9.17, 15) is 4.79 Å². The summed E-state index contributed by atoms with van der Waals surface area (Å²) in [5.74, 6) is -0.0198. The molecule has 0 aliphatic carbocycles. The largest absolute Gasteiger partial charge is 0.352 e.